The van der Waals surface area contributed by atoms with Crippen molar-refractivity contribution in [3.05, 3.63) is 54.1 Å². The topological polar surface area (TPSA) is 63.3 Å². The summed E-state index contributed by atoms with van der Waals surface area (Å²) in [6.07, 6.45) is -0.609. The Labute approximate surface area is 181 Å². The molecule has 1 unspecified atom stereocenters. The molecule has 2 aliphatic heterocycles. The van der Waals surface area contributed by atoms with Crippen molar-refractivity contribution >= 4 is 23.2 Å². The Morgan fingerprint density at radius 2 is 1.73 bits per heavy atom. The zero-order valence-corrected chi connectivity index (χ0v) is 17.7. The van der Waals surface area contributed by atoms with Gasteiger partial charge in [-0.05, 0) is 30.4 Å². The van der Waals surface area contributed by atoms with Gasteiger partial charge >= 0.3 is 0 Å². The van der Waals surface area contributed by atoms with Crippen molar-refractivity contribution in [2.75, 3.05) is 39.9 Å². The molecule has 1 fully saturated rings. The van der Waals surface area contributed by atoms with Gasteiger partial charge in [0.05, 0.1) is 7.11 Å². The molecular weight excluding hydrogens is 402 g/mol. The fourth-order valence-electron chi connectivity index (χ4n) is 3.61. The molecule has 158 valence electrons. The minimum Gasteiger partial charge on any atom is -0.496 e. The van der Waals surface area contributed by atoms with Crippen LogP contribution in [0.3, 0.4) is 0 Å². The predicted molar refractivity (Wildman–Crippen MR) is 117 cm³/mol. The lowest BCUT2D eigenvalue weighted by molar-refractivity contribution is -0.142. The summed E-state index contributed by atoms with van der Waals surface area (Å²) >= 11 is 5.55. The van der Waals surface area contributed by atoms with Gasteiger partial charge in [0.25, 0.3) is 5.91 Å². The minimum atomic E-state index is -0.609. The summed E-state index contributed by atoms with van der Waals surface area (Å²) in [5.41, 5.74) is 1.05. The van der Waals surface area contributed by atoms with Crippen LogP contribution in [-0.2, 0) is 11.3 Å². The number of thiocarbonyl (C=S) groups is 1. The maximum atomic E-state index is 12.9. The number of hydrogen-bond acceptors (Lipinski definition) is 5. The van der Waals surface area contributed by atoms with Crippen LogP contribution in [0.25, 0.3) is 0 Å². The molecule has 8 heteroatoms. The molecule has 0 saturated carbocycles. The minimum absolute atomic E-state index is 0.0444. The first-order chi connectivity index (χ1) is 14.7. The molecule has 2 aliphatic rings. The Bertz CT molecular complexity index is 915. The van der Waals surface area contributed by atoms with Crippen LogP contribution >= 0.6 is 12.2 Å². The van der Waals surface area contributed by atoms with Gasteiger partial charge in [-0.2, -0.15) is 0 Å². The van der Waals surface area contributed by atoms with Gasteiger partial charge in [-0.1, -0.05) is 30.3 Å². The van der Waals surface area contributed by atoms with E-state index >= 15 is 0 Å². The Hall–Kier alpha value is -3.00. The second-order valence-corrected chi connectivity index (χ2v) is 7.53. The fraction of sp³-hybridized carbons (Fsp3) is 0.364. The number of fused-ring (bicyclic) bond motifs is 1. The third kappa shape index (κ3) is 4.43. The molecule has 4 rings (SSSR count). The first-order valence-electron chi connectivity index (χ1n) is 9.97. The van der Waals surface area contributed by atoms with Crippen LogP contribution in [0.1, 0.15) is 5.56 Å². The summed E-state index contributed by atoms with van der Waals surface area (Å²) in [7, 11) is 1.66. The van der Waals surface area contributed by atoms with Crippen LogP contribution in [0.15, 0.2) is 48.5 Å². The molecule has 1 saturated heterocycles. The number of rotatable bonds is 4. The van der Waals surface area contributed by atoms with E-state index in [1.165, 1.54) is 0 Å². The Morgan fingerprint density at radius 1 is 1.07 bits per heavy atom. The predicted octanol–water partition coefficient (Wildman–Crippen LogP) is 2.05. The number of piperazine rings is 1. The highest BCUT2D eigenvalue weighted by Crippen LogP contribution is 2.31. The smallest absolute Gasteiger partial charge is 0.267 e. The number of benzene rings is 2. The van der Waals surface area contributed by atoms with E-state index in [0.29, 0.717) is 49.3 Å². The molecule has 2 aromatic rings. The first-order valence-corrected chi connectivity index (χ1v) is 10.4. The molecule has 0 radical (unpaired) electrons. The van der Waals surface area contributed by atoms with Gasteiger partial charge in [-0.3, -0.25) is 4.79 Å². The van der Waals surface area contributed by atoms with Gasteiger partial charge in [-0.25, -0.2) is 0 Å². The molecule has 2 aromatic carbocycles. The van der Waals surface area contributed by atoms with Crippen LogP contribution in [0.5, 0.6) is 17.2 Å². The van der Waals surface area contributed by atoms with Gasteiger partial charge in [0.1, 0.15) is 12.4 Å². The number of methoxy groups -OCH3 is 1. The third-order valence-electron chi connectivity index (χ3n) is 5.29. The number of nitrogens with one attached hydrogen (secondary N) is 1. The average Bonchev–Trinajstić information content (AvgIpc) is 2.82. The summed E-state index contributed by atoms with van der Waals surface area (Å²) in [5, 5.41) is 3.97. The van der Waals surface area contributed by atoms with Crippen molar-refractivity contribution < 1.29 is 19.0 Å². The second kappa shape index (κ2) is 9.21. The van der Waals surface area contributed by atoms with Crippen molar-refractivity contribution in [2.45, 2.75) is 12.6 Å². The quantitative estimate of drug-likeness (QED) is 0.750. The number of hydrogen-bond donors (Lipinski definition) is 1. The number of amides is 1. The number of carbonyl (C=O) groups is 1. The number of para-hydroxylation sites is 3. The van der Waals surface area contributed by atoms with Gasteiger partial charge in [-0.15, -0.1) is 0 Å². The average molecular weight is 428 g/mol. The van der Waals surface area contributed by atoms with Crippen molar-refractivity contribution in [2.24, 2.45) is 0 Å². The Kier molecular flexibility index (Phi) is 6.23. The molecule has 7 nitrogen and oxygen atoms in total. The van der Waals surface area contributed by atoms with E-state index in [1.807, 2.05) is 53.4 Å². The molecule has 1 amide bonds. The lowest BCUT2D eigenvalue weighted by Gasteiger charge is -2.38. The number of carbonyl (C=O) groups excluding carboxylic acids is 1. The van der Waals surface area contributed by atoms with Crippen molar-refractivity contribution in [3.8, 4) is 17.2 Å². The molecule has 0 aliphatic carbocycles. The van der Waals surface area contributed by atoms with E-state index in [0.717, 1.165) is 11.3 Å². The summed E-state index contributed by atoms with van der Waals surface area (Å²) in [4.78, 5) is 16.8. The molecule has 1 N–H and O–H groups in total. The molecule has 0 aromatic heterocycles. The van der Waals surface area contributed by atoms with E-state index < -0.39 is 6.10 Å². The molecule has 0 spiro atoms. The standard InChI is InChI=1S/C22H25N3O4S/c1-27-17-7-3-2-6-16(17)14-23-22(30)25-12-10-24(11-13-25)21(26)20-15-28-18-8-4-5-9-19(18)29-20/h2-9,20H,10-15H2,1H3,(H,23,30). The summed E-state index contributed by atoms with van der Waals surface area (Å²) in [5.74, 6) is 2.08. The SMILES string of the molecule is COc1ccccc1CNC(=S)N1CCN(C(=O)C2COc3ccccc3O2)CC1. The van der Waals surface area contributed by atoms with E-state index in [2.05, 4.69) is 10.2 Å². The zero-order valence-electron chi connectivity index (χ0n) is 16.9. The Morgan fingerprint density at radius 3 is 2.50 bits per heavy atom. The van der Waals surface area contributed by atoms with Crippen LogP contribution in [0, 0.1) is 0 Å². The lowest BCUT2D eigenvalue weighted by atomic mass is 10.2. The molecule has 2 heterocycles. The normalized spacial score (nSPS) is 18.0. The monoisotopic (exact) mass is 427 g/mol. The molecule has 1 atom stereocenters. The van der Waals surface area contributed by atoms with Crippen LogP contribution in [0.4, 0.5) is 0 Å². The van der Waals surface area contributed by atoms with Gasteiger partial charge in [0.15, 0.2) is 16.6 Å². The van der Waals surface area contributed by atoms with Crippen LogP contribution in [-0.4, -0.2) is 66.8 Å². The van der Waals surface area contributed by atoms with Crippen molar-refractivity contribution in [3.63, 3.8) is 0 Å². The van der Waals surface area contributed by atoms with Crippen LogP contribution < -0.4 is 19.5 Å². The highest BCUT2D eigenvalue weighted by Gasteiger charge is 2.33. The molecule has 30 heavy (non-hydrogen) atoms. The largest absolute Gasteiger partial charge is 0.496 e. The first kappa shape index (κ1) is 20.3. The highest BCUT2D eigenvalue weighted by molar-refractivity contribution is 7.80. The summed E-state index contributed by atoms with van der Waals surface area (Å²) in [6, 6.07) is 15.3. The number of ether oxygens (including phenoxy) is 3. The molecular formula is C22H25N3O4S. The third-order valence-corrected chi connectivity index (χ3v) is 5.69. The van der Waals surface area contributed by atoms with Gasteiger partial charge in [0, 0.05) is 38.3 Å². The van der Waals surface area contributed by atoms with Crippen molar-refractivity contribution in [1.29, 1.82) is 0 Å². The summed E-state index contributed by atoms with van der Waals surface area (Å²) in [6.45, 7) is 3.36. The van der Waals surface area contributed by atoms with E-state index in [9.17, 15) is 4.79 Å². The summed E-state index contributed by atoms with van der Waals surface area (Å²) < 4.78 is 16.9. The zero-order chi connectivity index (χ0) is 20.9. The highest BCUT2D eigenvalue weighted by atomic mass is 32.1. The van der Waals surface area contributed by atoms with Crippen molar-refractivity contribution in [1.82, 2.24) is 15.1 Å². The fourth-order valence-corrected chi connectivity index (χ4v) is 3.86. The number of nitrogens with zero attached hydrogens (tertiary/aromatic N) is 2. The van der Waals surface area contributed by atoms with E-state index in [-0.39, 0.29) is 12.5 Å². The van der Waals surface area contributed by atoms with E-state index in [1.54, 1.807) is 7.11 Å². The second-order valence-electron chi connectivity index (χ2n) is 7.15. The van der Waals surface area contributed by atoms with Gasteiger partial charge < -0.3 is 29.3 Å². The van der Waals surface area contributed by atoms with Gasteiger partial charge in [0.2, 0.25) is 6.10 Å². The maximum Gasteiger partial charge on any atom is 0.267 e. The van der Waals surface area contributed by atoms with Crippen LogP contribution in [0.2, 0.25) is 0 Å². The lowest BCUT2D eigenvalue weighted by Crippen LogP contribution is -2.56. The molecule has 0 bridgehead atoms. The maximum absolute atomic E-state index is 12.9. The Balaban J connectivity index is 1.26. The van der Waals surface area contributed by atoms with E-state index in [4.69, 9.17) is 26.4 Å².